The van der Waals surface area contributed by atoms with Gasteiger partial charge in [-0.2, -0.15) is 0 Å². The Bertz CT molecular complexity index is 363. The van der Waals surface area contributed by atoms with Gasteiger partial charge >= 0.3 is 6.16 Å². The first kappa shape index (κ1) is 16.0. The second kappa shape index (κ2) is 8.17. The molecule has 1 aromatic heterocycles. The second-order valence-corrected chi connectivity index (χ2v) is 6.15. The SMILES string of the molecule is CC(C)COC(=O)O[C@@H](CCN(C)C)c1cccs1. The Morgan fingerprint density at radius 2 is 2.16 bits per heavy atom. The first-order valence-electron chi connectivity index (χ1n) is 6.50. The summed E-state index contributed by atoms with van der Waals surface area (Å²) in [6.07, 6.45) is -0.0301. The molecule has 19 heavy (non-hydrogen) atoms. The Labute approximate surface area is 119 Å². The van der Waals surface area contributed by atoms with Crippen LogP contribution in [0.2, 0.25) is 0 Å². The molecule has 0 aliphatic rings. The van der Waals surface area contributed by atoms with Gasteiger partial charge < -0.3 is 14.4 Å². The van der Waals surface area contributed by atoms with Crippen molar-refractivity contribution in [3.63, 3.8) is 0 Å². The maximum Gasteiger partial charge on any atom is 0.508 e. The highest BCUT2D eigenvalue weighted by atomic mass is 32.1. The molecule has 1 rings (SSSR count). The van der Waals surface area contributed by atoms with E-state index in [1.54, 1.807) is 11.3 Å². The molecule has 0 N–H and O–H groups in total. The van der Waals surface area contributed by atoms with E-state index in [-0.39, 0.29) is 6.10 Å². The largest absolute Gasteiger partial charge is 0.508 e. The number of carbonyl (C=O) groups is 1. The zero-order valence-electron chi connectivity index (χ0n) is 12.1. The molecule has 0 saturated heterocycles. The minimum atomic E-state index is -0.578. The maximum atomic E-state index is 11.6. The highest BCUT2D eigenvalue weighted by molar-refractivity contribution is 7.10. The van der Waals surface area contributed by atoms with Gasteiger partial charge in [0.25, 0.3) is 0 Å². The monoisotopic (exact) mass is 285 g/mol. The summed E-state index contributed by atoms with van der Waals surface area (Å²) >= 11 is 1.60. The fraction of sp³-hybridized carbons (Fsp3) is 0.643. The molecule has 1 aromatic rings. The molecule has 0 fully saturated rings. The molecule has 1 heterocycles. The molecule has 0 unspecified atom stereocenters. The lowest BCUT2D eigenvalue weighted by atomic mass is 10.2. The van der Waals surface area contributed by atoms with E-state index in [1.165, 1.54) is 0 Å². The molecule has 0 aliphatic heterocycles. The number of ether oxygens (including phenoxy) is 2. The highest BCUT2D eigenvalue weighted by Gasteiger charge is 2.19. The molecule has 0 aromatic carbocycles. The molecule has 0 bridgehead atoms. The molecular weight excluding hydrogens is 262 g/mol. The van der Waals surface area contributed by atoms with Crippen LogP contribution in [0.25, 0.3) is 0 Å². The zero-order chi connectivity index (χ0) is 14.3. The first-order valence-corrected chi connectivity index (χ1v) is 7.38. The van der Waals surface area contributed by atoms with Gasteiger partial charge in [-0.05, 0) is 31.5 Å². The molecule has 4 nitrogen and oxygen atoms in total. The Morgan fingerprint density at radius 1 is 1.42 bits per heavy atom. The molecule has 0 spiro atoms. The number of nitrogens with zero attached hydrogens (tertiary/aromatic N) is 1. The third-order valence-electron chi connectivity index (χ3n) is 2.47. The maximum absolute atomic E-state index is 11.6. The minimum Gasteiger partial charge on any atom is -0.434 e. The number of rotatable bonds is 7. The number of carbonyl (C=O) groups excluding carboxylic acids is 1. The van der Waals surface area contributed by atoms with Gasteiger partial charge in [0.05, 0.1) is 6.61 Å². The minimum absolute atomic E-state index is 0.220. The summed E-state index contributed by atoms with van der Waals surface area (Å²) in [6, 6.07) is 3.95. The van der Waals surface area contributed by atoms with Gasteiger partial charge in [0.2, 0.25) is 0 Å². The van der Waals surface area contributed by atoms with E-state index in [2.05, 4.69) is 4.90 Å². The molecule has 1 atom stereocenters. The van der Waals surface area contributed by atoms with Crippen molar-refractivity contribution in [1.82, 2.24) is 4.90 Å². The topological polar surface area (TPSA) is 38.8 Å². The van der Waals surface area contributed by atoms with Crippen molar-refractivity contribution in [3.05, 3.63) is 22.4 Å². The lowest BCUT2D eigenvalue weighted by molar-refractivity contribution is 0.0135. The van der Waals surface area contributed by atoms with Crippen molar-refractivity contribution >= 4 is 17.5 Å². The van der Waals surface area contributed by atoms with Crippen molar-refractivity contribution in [2.24, 2.45) is 5.92 Å². The molecule has 0 amide bonds. The van der Waals surface area contributed by atoms with Crippen molar-refractivity contribution in [1.29, 1.82) is 0 Å². The fourth-order valence-corrected chi connectivity index (χ4v) is 2.28. The summed E-state index contributed by atoms with van der Waals surface area (Å²) in [5, 5.41) is 1.99. The van der Waals surface area contributed by atoms with Crippen molar-refractivity contribution in [3.8, 4) is 0 Å². The lowest BCUT2D eigenvalue weighted by Crippen LogP contribution is -2.20. The van der Waals surface area contributed by atoms with Crippen LogP contribution < -0.4 is 0 Å². The van der Waals surface area contributed by atoms with Crippen LogP contribution in [0.3, 0.4) is 0 Å². The van der Waals surface area contributed by atoms with Crippen molar-refractivity contribution < 1.29 is 14.3 Å². The van der Waals surface area contributed by atoms with Gasteiger partial charge in [0.1, 0.15) is 6.10 Å². The van der Waals surface area contributed by atoms with Crippen molar-refractivity contribution in [2.75, 3.05) is 27.2 Å². The summed E-state index contributed by atoms with van der Waals surface area (Å²) in [5.41, 5.74) is 0. The molecule has 108 valence electrons. The smallest absolute Gasteiger partial charge is 0.434 e. The van der Waals surface area contributed by atoms with Gasteiger partial charge in [-0.15, -0.1) is 11.3 Å². The summed E-state index contributed by atoms with van der Waals surface area (Å²) in [5.74, 6) is 0.314. The van der Waals surface area contributed by atoms with Gasteiger partial charge in [-0.3, -0.25) is 0 Å². The van der Waals surface area contributed by atoms with Gasteiger partial charge in [0, 0.05) is 17.8 Å². The first-order chi connectivity index (χ1) is 8.99. The number of hydrogen-bond donors (Lipinski definition) is 0. The van der Waals surface area contributed by atoms with Crippen LogP contribution in [0.4, 0.5) is 4.79 Å². The number of hydrogen-bond acceptors (Lipinski definition) is 5. The average Bonchev–Trinajstić information content (AvgIpc) is 2.85. The third kappa shape index (κ3) is 6.59. The molecule has 0 radical (unpaired) electrons. The zero-order valence-corrected chi connectivity index (χ0v) is 12.9. The van der Waals surface area contributed by atoms with Gasteiger partial charge in [0.15, 0.2) is 0 Å². The van der Waals surface area contributed by atoms with E-state index in [4.69, 9.17) is 9.47 Å². The normalized spacial score (nSPS) is 12.7. The molecular formula is C14H23NO3S. The highest BCUT2D eigenvalue weighted by Crippen LogP contribution is 2.26. The number of thiophene rings is 1. The predicted octanol–water partition coefficient (Wildman–Crippen LogP) is 3.55. The van der Waals surface area contributed by atoms with Gasteiger partial charge in [-0.25, -0.2) is 4.79 Å². The summed E-state index contributed by atoms with van der Waals surface area (Å²) in [6.45, 7) is 5.25. The van der Waals surface area contributed by atoms with E-state index in [0.29, 0.717) is 12.5 Å². The van der Waals surface area contributed by atoms with Crippen LogP contribution >= 0.6 is 11.3 Å². The lowest BCUT2D eigenvalue weighted by Gasteiger charge is -2.19. The summed E-state index contributed by atoms with van der Waals surface area (Å²) in [4.78, 5) is 14.8. The Balaban J connectivity index is 2.52. The van der Waals surface area contributed by atoms with E-state index in [9.17, 15) is 4.79 Å². The summed E-state index contributed by atoms with van der Waals surface area (Å²) in [7, 11) is 4.01. The second-order valence-electron chi connectivity index (χ2n) is 5.17. The Hall–Kier alpha value is -1.07. The predicted molar refractivity (Wildman–Crippen MR) is 77.5 cm³/mol. The standard InChI is InChI=1S/C14H23NO3S/c1-11(2)10-17-14(16)18-12(7-8-15(3)4)13-6-5-9-19-13/h5-6,9,11-12H,7-8,10H2,1-4H3/t12-/m0/s1. The quantitative estimate of drug-likeness (QED) is 0.718. The van der Waals surface area contributed by atoms with Crippen LogP contribution in [0.5, 0.6) is 0 Å². The van der Waals surface area contributed by atoms with Crippen molar-refractivity contribution in [2.45, 2.75) is 26.4 Å². The van der Waals surface area contributed by atoms with Gasteiger partial charge in [-0.1, -0.05) is 19.9 Å². The fourth-order valence-electron chi connectivity index (χ4n) is 1.49. The van der Waals surface area contributed by atoms with E-state index < -0.39 is 6.16 Å². The van der Waals surface area contributed by atoms with Crippen LogP contribution in [-0.4, -0.2) is 38.3 Å². The van der Waals surface area contributed by atoms with E-state index in [1.807, 2.05) is 45.5 Å². The van der Waals surface area contributed by atoms with E-state index >= 15 is 0 Å². The summed E-state index contributed by atoms with van der Waals surface area (Å²) < 4.78 is 10.5. The van der Waals surface area contributed by atoms with Crippen LogP contribution in [0, 0.1) is 5.92 Å². The molecule has 0 saturated carbocycles. The Morgan fingerprint density at radius 3 is 2.68 bits per heavy atom. The average molecular weight is 285 g/mol. The van der Waals surface area contributed by atoms with Crippen LogP contribution in [-0.2, 0) is 9.47 Å². The van der Waals surface area contributed by atoms with Crippen LogP contribution in [0.15, 0.2) is 17.5 Å². The molecule has 0 aliphatic carbocycles. The van der Waals surface area contributed by atoms with E-state index in [0.717, 1.165) is 17.8 Å². The third-order valence-corrected chi connectivity index (χ3v) is 3.44. The Kier molecular flexibility index (Phi) is 6.87. The van der Waals surface area contributed by atoms with Crippen LogP contribution in [0.1, 0.15) is 31.2 Å². The molecule has 5 heteroatoms.